The van der Waals surface area contributed by atoms with Crippen molar-refractivity contribution in [2.24, 2.45) is 11.1 Å². The van der Waals surface area contributed by atoms with E-state index in [9.17, 15) is 24.0 Å². The van der Waals surface area contributed by atoms with Crippen molar-refractivity contribution < 1.29 is 33.8 Å². The van der Waals surface area contributed by atoms with Crippen molar-refractivity contribution in [2.45, 2.75) is 43.8 Å². The largest absolute Gasteiger partial charge is 0.480 e. The van der Waals surface area contributed by atoms with Gasteiger partial charge >= 0.3 is 23.6 Å². The van der Waals surface area contributed by atoms with Crippen LogP contribution in [0.3, 0.4) is 0 Å². The Kier molecular flexibility index (Phi) is 7.34. The van der Waals surface area contributed by atoms with Gasteiger partial charge in [-0.15, -0.1) is 28.6 Å². The molecule has 3 N–H and O–H groups in total. The fourth-order valence-electron chi connectivity index (χ4n) is 3.46. The molecule has 37 heavy (non-hydrogen) atoms. The topological polar surface area (TPSA) is 188 Å². The molecular weight excluding hydrogens is 528 g/mol. The fourth-order valence-corrected chi connectivity index (χ4v) is 5.75. The molecule has 0 aliphatic carbocycles. The van der Waals surface area contributed by atoms with E-state index in [1.54, 1.807) is 26.8 Å². The highest BCUT2D eigenvalue weighted by Crippen LogP contribution is 2.41. The van der Waals surface area contributed by atoms with E-state index in [-0.39, 0.29) is 17.1 Å². The second-order valence-corrected chi connectivity index (χ2v) is 11.3. The number of carboxylic acid groups (broad SMARTS) is 1. The summed E-state index contributed by atoms with van der Waals surface area (Å²) in [7, 11) is 0. The molecule has 1 unspecified atom stereocenters. The van der Waals surface area contributed by atoms with E-state index in [4.69, 9.17) is 20.3 Å². The second kappa shape index (κ2) is 10.2. The van der Waals surface area contributed by atoms with Crippen molar-refractivity contribution in [3.8, 4) is 0 Å². The maximum absolute atomic E-state index is 13.0. The highest BCUT2D eigenvalue weighted by atomic mass is 32.2. The number of ether oxygens (including phenoxy) is 2. The van der Waals surface area contributed by atoms with Crippen LogP contribution in [0.4, 0.5) is 0 Å². The summed E-state index contributed by atoms with van der Waals surface area (Å²) in [4.78, 5) is 62.0. The van der Waals surface area contributed by atoms with E-state index in [2.05, 4.69) is 10.2 Å². The number of esters is 2. The van der Waals surface area contributed by atoms with E-state index in [0.717, 1.165) is 9.20 Å². The molecule has 0 bridgehead atoms. The monoisotopic (exact) mass is 552 g/mol. The number of hydrogen-bond donors (Lipinski definition) is 2. The molecule has 198 valence electrons. The minimum Gasteiger partial charge on any atom is -0.480 e. The molecule has 0 aromatic carbocycles. The summed E-state index contributed by atoms with van der Waals surface area (Å²) in [5.74, 6) is -2.39. The average Bonchev–Trinajstić information content (AvgIpc) is 3.14. The first-order valence-corrected chi connectivity index (χ1v) is 13.0. The Morgan fingerprint density at radius 2 is 1.95 bits per heavy atom. The van der Waals surface area contributed by atoms with Crippen molar-refractivity contribution in [3.63, 3.8) is 0 Å². The summed E-state index contributed by atoms with van der Waals surface area (Å²) >= 11 is 2.61. The first-order valence-electron chi connectivity index (χ1n) is 11.0. The number of carbonyl (C=O) groups excluding carboxylic acids is 3. The zero-order valence-electron chi connectivity index (χ0n) is 20.1. The van der Waals surface area contributed by atoms with Crippen LogP contribution >= 0.6 is 23.5 Å². The molecule has 14 nitrogen and oxygen atoms in total. The van der Waals surface area contributed by atoms with Crippen molar-refractivity contribution in [2.75, 3.05) is 18.3 Å². The van der Waals surface area contributed by atoms with Gasteiger partial charge in [-0.05, 0) is 38.5 Å². The summed E-state index contributed by atoms with van der Waals surface area (Å²) in [5, 5.41) is 17.1. The minimum atomic E-state index is -1.21. The number of aromatic nitrogens is 4. The Balaban J connectivity index is 1.53. The summed E-state index contributed by atoms with van der Waals surface area (Å²) in [6.45, 7) is 3.78. The lowest BCUT2D eigenvalue weighted by atomic mass is 9.98. The molecule has 4 heterocycles. The lowest BCUT2D eigenvalue weighted by Crippen LogP contribution is -2.68. The first kappa shape index (κ1) is 26.7. The van der Waals surface area contributed by atoms with Crippen LogP contribution in [-0.2, 0) is 35.2 Å². The SMILES string of the molecule is CC(C)(C)C(=O)OCOC(=O)C1=C(CSc2ccc3nn(CC(=O)O)c(=O)n3n2)CS[C@H]2C(N)C(=O)N12. The molecule has 4 rings (SSSR count). The molecule has 0 spiro atoms. The van der Waals surface area contributed by atoms with E-state index in [0.29, 0.717) is 16.4 Å². The van der Waals surface area contributed by atoms with Gasteiger partial charge in [0.1, 0.15) is 28.7 Å². The number of thioether (sulfide) groups is 2. The molecule has 2 aliphatic rings. The van der Waals surface area contributed by atoms with E-state index in [1.165, 1.54) is 34.5 Å². The predicted molar refractivity (Wildman–Crippen MR) is 130 cm³/mol. The first-order chi connectivity index (χ1) is 17.4. The van der Waals surface area contributed by atoms with Gasteiger partial charge in [0.15, 0.2) is 5.65 Å². The zero-order chi connectivity index (χ0) is 27.1. The summed E-state index contributed by atoms with van der Waals surface area (Å²) in [5.41, 5.74) is 5.21. The third-order valence-electron chi connectivity index (χ3n) is 5.37. The summed E-state index contributed by atoms with van der Waals surface area (Å²) < 4.78 is 11.9. The van der Waals surface area contributed by atoms with Gasteiger partial charge in [-0.25, -0.2) is 9.59 Å². The van der Waals surface area contributed by atoms with Crippen LogP contribution in [0.25, 0.3) is 5.65 Å². The molecule has 0 saturated carbocycles. The van der Waals surface area contributed by atoms with Crippen LogP contribution < -0.4 is 11.4 Å². The van der Waals surface area contributed by atoms with E-state index < -0.39 is 59.7 Å². The highest BCUT2D eigenvalue weighted by molar-refractivity contribution is 8.01. The number of aliphatic carboxylic acids is 1. The molecule has 1 fully saturated rings. The van der Waals surface area contributed by atoms with Gasteiger partial charge in [-0.2, -0.15) is 14.3 Å². The second-order valence-electron chi connectivity index (χ2n) is 9.18. The molecule has 2 aromatic rings. The fraction of sp³-hybridized carbons (Fsp3) is 0.476. The van der Waals surface area contributed by atoms with Gasteiger partial charge in [0, 0.05) is 11.5 Å². The molecule has 0 radical (unpaired) electrons. The van der Waals surface area contributed by atoms with Crippen molar-refractivity contribution in [3.05, 3.63) is 33.9 Å². The van der Waals surface area contributed by atoms with Crippen LogP contribution in [-0.4, -0.2) is 82.9 Å². The Morgan fingerprint density at radius 1 is 1.22 bits per heavy atom. The third-order valence-corrected chi connectivity index (χ3v) is 7.74. The number of fused-ring (bicyclic) bond motifs is 2. The van der Waals surface area contributed by atoms with Crippen LogP contribution in [0.2, 0.25) is 0 Å². The lowest BCUT2D eigenvalue weighted by molar-refractivity contribution is -0.173. The lowest BCUT2D eigenvalue weighted by Gasteiger charge is -2.48. The van der Waals surface area contributed by atoms with Crippen LogP contribution in [0, 0.1) is 5.41 Å². The number of carboxylic acids is 1. The zero-order valence-corrected chi connectivity index (χ0v) is 21.7. The van der Waals surface area contributed by atoms with E-state index in [1.807, 2.05) is 0 Å². The smallest absolute Gasteiger partial charge is 0.367 e. The number of nitrogens with zero attached hydrogens (tertiary/aromatic N) is 5. The van der Waals surface area contributed by atoms with Gasteiger partial charge in [0.25, 0.3) is 0 Å². The van der Waals surface area contributed by atoms with Gasteiger partial charge in [0.05, 0.1) is 5.41 Å². The Hall–Kier alpha value is -3.37. The maximum Gasteiger partial charge on any atom is 0.367 e. The molecule has 16 heteroatoms. The number of β-lactam (4-membered cyclic amide) rings is 1. The molecule has 1 saturated heterocycles. The van der Waals surface area contributed by atoms with Gasteiger partial charge in [-0.3, -0.25) is 19.3 Å². The normalized spacial score (nSPS) is 19.5. The number of amides is 1. The summed E-state index contributed by atoms with van der Waals surface area (Å²) in [6.07, 6.45) is 0. The maximum atomic E-state index is 13.0. The molecule has 1 amide bonds. The Bertz CT molecular complexity index is 1380. The molecule has 2 aliphatic heterocycles. The molecule has 2 aromatic heterocycles. The van der Waals surface area contributed by atoms with Crippen LogP contribution in [0.15, 0.2) is 33.2 Å². The van der Waals surface area contributed by atoms with Crippen LogP contribution in [0.5, 0.6) is 0 Å². The Morgan fingerprint density at radius 3 is 2.62 bits per heavy atom. The number of rotatable bonds is 8. The number of carbonyl (C=O) groups is 4. The van der Waals surface area contributed by atoms with Gasteiger partial charge < -0.3 is 20.3 Å². The van der Waals surface area contributed by atoms with Crippen LogP contribution in [0.1, 0.15) is 20.8 Å². The third kappa shape index (κ3) is 5.35. The van der Waals surface area contributed by atoms with E-state index >= 15 is 0 Å². The van der Waals surface area contributed by atoms with Crippen molar-refractivity contribution >= 4 is 53.0 Å². The highest BCUT2D eigenvalue weighted by Gasteiger charge is 2.52. The van der Waals surface area contributed by atoms with Gasteiger partial charge in [-0.1, -0.05) is 0 Å². The standard InChI is InChI=1S/C21H24N6O8S2/c1-21(2,3)19(32)35-9-34-18(31)15-10(8-37-17-14(22)16(30)26(15)17)7-36-12-5-4-11-23-25(6-13(28)29)20(33)27(11)24-12/h4-5,14,17H,6-9,22H2,1-3H3,(H,28,29)/t14?,17-/m0/s1. The number of nitrogens with two attached hydrogens (primary N) is 1. The minimum absolute atomic E-state index is 0.0438. The Labute approximate surface area is 218 Å². The quantitative estimate of drug-likeness (QED) is 0.187. The number of hydrogen-bond acceptors (Lipinski definition) is 12. The van der Waals surface area contributed by atoms with Gasteiger partial charge in [0.2, 0.25) is 12.7 Å². The van der Waals surface area contributed by atoms with Crippen molar-refractivity contribution in [1.29, 1.82) is 0 Å². The molecule has 2 atom stereocenters. The molecular formula is C21H24N6O8S2. The average molecular weight is 553 g/mol. The van der Waals surface area contributed by atoms with Crippen molar-refractivity contribution in [1.82, 2.24) is 24.3 Å². The summed E-state index contributed by atoms with van der Waals surface area (Å²) in [6, 6.07) is 2.39. The predicted octanol–water partition coefficient (Wildman–Crippen LogP) is -0.346.